The summed E-state index contributed by atoms with van der Waals surface area (Å²) in [5.74, 6) is 0. The number of aromatic nitrogens is 4. The molecule has 4 aromatic rings. The van der Waals surface area contributed by atoms with E-state index in [0.717, 1.165) is 26.2 Å². The molecule has 0 saturated carbocycles. The van der Waals surface area contributed by atoms with E-state index >= 15 is 0 Å². The van der Waals surface area contributed by atoms with Crippen LogP contribution >= 0.6 is 23.2 Å². The third kappa shape index (κ3) is 10.5. The summed E-state index contributed by atoms with van der Waals surface area (Å²) in [6, 6.07) is 8.66. The first-order valence-corrected chi connectivity index (χ1v) is 16.6. The topological polar surface area (TPSA) is 212 Å². The highest BCUT2D eigenvalue weighted by Crippen LogP contribution is 2.32. The average Bonchev–Trinajstić information content (AvgIpc) is 3.15. The fourth-order valence-electron chi connectivity index (χ4n) is 4.96. The predicted molar refractivity (Wildman–Crippen MR) is 187 cm³/mol. The summed E-state index contributed by atoms with van der Waals surface area (Å²) < 4.78 is 89.9. The average molecular weight is 850 g/mol. The Morgan fingerprint density at radius 2 is 1.18 bits per heavy atom. The van der Waals surface area contributed by atoms with Crippen LogP contribution < -0.4 is 22.5 Å². The van der Waals surface area contributed by atoms with Crippen LogP contribution in [0.15, 0.2) is 55.6 Å². The molecule has 0 aliphatic carbocycles. The Bertz CT molecular complexity index is 2470. The summed E-state index contributed by atoms with van der Waals surface area (Å²) in [6.45, 7) is 0.929. The summed E-state index contributed by atoms with van der Waals surface area (Å²) in [4.78, 5) is 60.0. The van der Waals surface area contributed by atoms with Crippen molar-refractivity contribution in [3.05, 3.63) is 122 Å². The Kier molecular flexibility index (Phi) is 15.3. The fraction of sp³-hybridized carbons (Fsp3) is 0.324. The molecule has 0 atom stereocenters. The number of carbonyl (C=O) groups is 1. The van der Waals surface area contributed by atoms with E-state index in [1.54, 1.807) is 6.07 Å². The number of nitriles is 2. The summed E-state index contributed by atoms with van der Waals surface area (Å²) in [6.07, 6.45) is -9.24. The third-order valence-electron chi connectivity index (χ3n) is 7.71. The molecule has 1 aliphatic rings. The molecule has 1 fully saturated rings. The minimum Gasteiger partial charge on any atom is -0.396 e. The van der Waals surface area contributed by atoms with Crippen LogP contribution in [-0.2, 0) is 35.9 Å². The van der Waals surface area contributed by atoms with Crippen LogP contribution in [-0.4, -0.2) is 61.2 Å². The van der Waals surface area contributed by atoms with Crippen molar-refractivity contribution >= 4 is 29.5 Å². The van der Waals surface area contributed by atoms with Gasteiger partial charge in [0.15, 0.2) is 12.6 Å². The maximum atomic E-state index is 13.0. The fourth-order valence-corrected chi connectivity index (χ4v) is 5.46. The molecule has 3 heterocycles. The SMILES string of the molecule is Cn1c(C(F)(F)F)cc(=O)n(-c2cc(C3OCCCO3)c(C#N)cc2Cl)c1=O.Cn1c(C(F)(F)F)cc(=O)n(-c2cc(C=O)c(C#N)cc2Cl)c1=O.OCCCO. The minimum atomic E-state index is -4.89. The molecule has 5 rings (SSSR count). The highest BCUT2D eigenvalue weighted by Gasteiger charge is 2.36. The Hall–Kier alpha value is -5.55. The van der Waals surface area contributed by atoms with Crippen LogP contribution in [0.4, 0.5) is 26.3 Å². The summed E-state index contributed by atoms with van der Waals surface area (Å²) in [7, 11) is 1.74. The lowest BCUT2D eigenvalue weighted by Gasteiger charge is -2.25. The number of halogens is 8. The molecule has 23 heteroatoms. The van der Waals surface area contributed by atoms with Gasteiger partial charge in [0.05, 0.1) is 57.9 Å². The van der Waals surface area contributed by atoms with Crippen molar-refractivity contribution in [3.63, 3.8) is 0 Å². The van der Waals surface area contributed by atoms with E-state index in [4.69, 9.17) is 48.2 Å². The number of aldehydes is 1. The first kappa shape index (κ1) is 45.8. The monoisotopic (exact) mass is 848 g/mol. The van der Waals surface area contributed by atoms with Crippen molar-refractivity contribution in [2.75, 3.05) is 26.4 Å². The molecule has 0 unspecified atom stereocenters. The maximum Gasteiger partial charge on any atom is 0.431 e. The predicted octanol–water partition coefficient (Wildman–Crippen LogP) is 3.77. The van der Waals surface area contributed by atoms with Gasteiger partial charge in [0, 0.05) is 50.6 Å². The number of aliphatic hydroxyl groups is 2. The van der Waals surface area contributed by atoms with Gasteiger partial charge in [0.25, 0.3) is 11.1 Å². The van der Waals surface area contributed by atoms with E-state index in [1.807, 2.05) is 6.07 Å². The number of ether oxygens (including phenoxy) is 2. The highest BCUT2D eigenvalue weighted by atomic mass is 35.5. The van der Waals surface area contributed by atoms with E-state index in [2.05, 4.69) is 0 Å². The molecule has 2 N–H and O–H groups in total. The molecule has 0 bridgehead atoms. The van der Waals surface area contributed by atoms with Crippen LogP contribution in [0.1, 0.15) is 57.6 Å². The number of benzene rings is 2. The van der Waals surface area contributed by atoms with Crippen molar-refractivity contribution in [2.45, 2.75) is 31.5 Å². The van der Waals surface area contributed by atoms with Gasteiger partial charge < -0.3 is 19.7 Å². The van der Waals surface area contributed by atoms with Gasteiger partial charge >= 0.3 is 23.7 Å². The molecule has 1 aliphatic heterocycles. The Balaban J connectivity index is 0.000000276. The minimum absolute atomic E-state index is 0.0938. The molecular weight excluding hydrogens is 821 g/mol. The quantitative estimate of drug-likeness (QED) is 0.211. The smallest absolute Gasteiger partial charge is 0.396 e. The van der Waals surface area contributed by atoms with Crippen molar-refractivity contribution < 1.29 is 50.8 Å². The van der Waals surface area contributed by atoms with Gasteiger partial charge in [-0.2, -0.15) is 36.9 Å². The van der Waals surface area contributed by atoms with Crippen LogP contribution in [0.2, 0.25) is 10.0 Å². The Labute approximate surface area is 325 Å². The van der Waals surface area contributed by atoms with Gasteiger partial charge in [-0.3, -0.25) is 23.5 Å². The number of carbonyl (C=O) groups excluding carboxylic acids is 1. The summed E-state index contributed by atoms with van der Waals surface area (Å²) in [5.41, 5.74) is -8.23. The standard InChI is InChI=1S/C17H13ClF3N3O4.C14H7ClF3N3O3.C3H8O2/c1-23-13(17(19,20)21)7-14(25)24(16(23)26)12-6-10(9(8-22)5-11(12)18)15-27-3-2-4-28-15;1-20-11(14(16,17)18)4-12(23)21(13(20)24)10-3-8(6-22)7(5-19)2-9(10)15;4-2-1-3-5/h5-7,15H,2-4H2,1H3;2-4,6H,1H3;4-5H,1-3H2. The van der Waals surface area contributed by atoms with Gasteiger partial charge in [-0.25, -0.2) is 18.7 Å². The van der Waals surface area contributed by atoms with E-state index in [1.165, 1.54) is 12.1 Å². The Morgan fingerprint density at radius 3 is 1.54 bits per heavy atom. The second-order valence-corrected chi connectivity index (χ2v) is 12.3. The van der Waals surface area contributed by atoms with Gasteiger partial charge in [-0.15, -0.1) is 0 Å². The highest BCUT2D eigenvalue weighted by molar-refractivity contribution is 6.33. The van der Waals surface area contributed by atoms with Gasteiger partial charge in [-0.1, -0.05) is 23.2 Å². The first-order valence-electron chi connectivity index (χ1n) is 15.9. The molecule has 2 aromatic carbocycles. The normalized spacial score (nSPS) is 13.0. The van der Waals surface area contributed by atoms with Crippen LogP contribution in [0.5, 0.6) is 0 Å². The van der Waals surface area contributed by atoms with Gasteiger partial charge in [-0.05, 0) is 37.1 Å². The van der Waals surface area contributed by atoms with Gasteiger partial charge in [0.2, 0.25) is 0 Å². The van der Waals surface area contributed by atoms with E-state index in [-0.39, 0.29) is 67.5 Å². The lowest BCUT2D eigenvalue weighted by atomic mass is 10.1. The van der Waals surface area contributed by atoms with Crippen LogP contribution in [0.25, 0.3) is 11.4 Å². The zero-order chi connectivity index (χ0) is 43.0. The lowest BCUT2D eigenvalue weighted by Crippen LogP contribution is -2.41. The van der Waals surface area contributed by atoms with Crippen molar-refractivity contribution in [3.8, 4) is 23.5 Å². The van der Waals surface area contributed by atoms with Crippen molar-refractivity contribution in [1.29, 1.82) is 10.5 Å². The molecule has 0 radical (unpaired) electrons. The van der Waals surface area contributed by atoms with Crippen molar-refractivity contribution in [2.24, 2.45) is 14.1 Å². The third-order valence-corrected chi connectivity index (χ3v) is 8.31. The van der Waals surface area contributed by atoms with E-state index in [9.17, 15) is 55.6 Å². The van der Waals surface area contributed by atoms with Crippen molar-refractivity contribution in [1.82, 2.24) is 18.3 Å². The number of rotatable bonds is 6. The number of nitrogens with zero attached hydrogens (tertiary/aromatic N) is 6. The lowest BCUT2D eigenvalue weighted by molar-refractivity contribution is -0.183. The summed E-state index contributed by atoms with van der Waals surface area (Å²) >= 11 is 12.0. The van der Waals surface area contributed by atoms with E-state index in [0.29, 0.717) is 52.1 Å². The zero-order valence-corrected chi connectivity index (χ0v) is 30.8. The second-order valence-electron chi connectivity index (χ2n) is 11.4. The zero-order valence-electron chi connectivity index (χ0n) is 29.3. The molecule has 57 heavy (non-hydrogen) atoms. The largest absolute Gasteiger partial charge is 0.431 e. The molecule has 304 valence electrons. The number of alkyl halides is 6. The number of hydrogen-bond donors (Lipinski definition) is 2. The van der Waals surface area contributed by atoms with Crippen LogP contribution in [0.3, 0.4) is 0 Å². The molecule has 15 nitrogen and oxygen atoms in total. The molecular formula is C34H28Cl2F6N6O9. The van der Waals surface area contributed by atoms with Gasteiger partial charge in [0.1, 0.15) is 11.4 Å². The first-order chi connectivity index (χ1) is 26.7. The molecule has 0 amide bonds. The molecule has 2 aromatic heterocycles. The second kappa shape index (κ2) is 19.1. The maximum absolute atomic E-state index is 13.0. The molecule has 1 saturated heterocycles. The number of hydrogen-bond acceptors (Lipinski definition) is 11. The summed E-state index contributed by atoms with van der Waals surface area (Å²) in [5, 5.41) is 33.6. The number of aliphatic hydroxyl groups excluding tert-OH is 2. The van der Waals surface area contributed by atoms with E-state index < -0.39 is 52.5 Å². The molecule has 0 spiro atoms. The van der Waals surface area contributed by atoms with Crippen LogP contribution in [0, 0.1) is 22.7 Å². The Morgan fingerprint density at radius 1 is 0.754 bits per heavy atom.